The van der Waals surface area contributed by atoms with Crippen LogP contribution in [0.2, 0.25) is 0 Å². The van der Waals surface area contributed by atoms with Crippen LogP contribution in [-0.4, -0.2) is 53.6 Å². The van der Waals surface area contributed by atoms with Gasteiger partial charge in [-0.05, 0) is 89.9 Å². The second-order valence-electron chi connectivity index (χ2n) is 8.52. The molecule has 2 aliphatic rings. The van der Waals surface area contributed by atoms with Gasteiger partial charge in [-0.3, -0.25) is 19.3 Å². The molecule has 3 amide bonds. The standard InChI is InChI=1S/C26H27IN2O5S/c1-17-7-6-8-18(11-17)16-34-24-20(27)12-19(13-21(24)33-2)14-22-25(31)29(26(32)35-22)15-23(30)28-9-4-3-5-10-28/h6-8,11-14H,3-5,9-10,15-16H2,1-2H3/b22-14-. The van der Waals surface area contributed by atoms with Crippen LogP contribution in [0.5, 0.6) is 11.5 Å². The number of nitrogens with zero attached hydrogens (tertiary/aromatic N) is 2. The molecule has 0 spiro atoms. The summed E-state index contributed by atoms with van der Waals surface area (Å²) in [5.74, 6) is 0.529. The number of likely N-dealkylation sites (tertiary alicyclic amines) is 1. The third kappa shape index (κ3) is 6.19. The number of thioether (sulfide) groups is 1. The lowest BCUT2D eigenvalue weighted by molar-refractivity contribution is -0.136. The van der Waals surface area contributed by atoms with Crippen LogP contribution in [-0.2, 0) is 16.2 Å². The molecule has 2 aliphatic heterocycles. The van der Waals surface area contributed by atoms with Crippen molar-refractivity contribution in [1.29, 1.82) is 0 Å². The molecule has 0 atom stereocenters. The van der Waals surface area contributed by atoms with Gasteiger partial charge in [-0.2, -0.15) is 0 Å². The van der Waals surface area contributed by atoms with Crippen LogP contribution in [0.25, 0.3) is 6.08 Å². The van der Waals surface area contributed by atoms with Crippen LogP contribution in [0, 0.1) is 10.5 Å². The molecule has 2 saturated heterocycles. The van der Waals surface area contributed by atoms with Crippen LogP contribution >= 0.6 is 34.4 Å². The number of ether oxygens (including phenoxy) is 2. The van der Waals surface area contributed by atoms with Crippen molar-refractivity contribution in [2.75, 3.05) is 26.7 Å². The predicted octanol–water partition coefficient (Wildman–Crippen LogP) is 5.24. The number of benzene rings is 2. The Bertz CT molecular complexity index is 1180. The molecule has 9 heteroatoms. The predicted molar refractivity (Wildman–Crippen MR) is 144 cm³/mol. The first kappa shape index (κ1) is 25.6. The van der Waals surface area contributed by atoms with E-state index in [4.69, 9.17) is 9.47 Å². The highest BCUT2D eigenvalue weighted by Gasteiger charge is 2.37. The van der Waals surface area contributed by atoms with E-state index in [-0.39, 0.29) is 17.4 Å². The summed E-state index contributed by atoms with van der Waals surface area (Å²) in [6.07, 6.45) is 4.68. The van der Waals surface area contributed by atoms with E-state index < -0.39 is 11.1 Å². The quantitative estimate of drug-likeness (QED) is 0.317. The smallest absolute Gasteiger partial charge is 0.294 e. The molecule has 0 bridgehead atoms. The van der Waals surface area contributed by atoms with E-state index in [1.807, 2.05) is 31.2 Å². The molecule has 0 radical (unpaired) electrons. The van der Waals surface area contributed by atoms with Crippen molar-refractivity contribution in [1.82, 2.24) is 9.80 Å². The Labute approximate surface area is 223 Å². The van der Waals surface area contributed by atoms with Crippen LogP contribution in [0.1, 0.15) is 36.0 Å². The van der Waals surface area contributed by atoms with Gasteiger partial charge < -0.3 is 14.4 Å². The monoisotopic (exact) mass is 606 g/mol. The zero-order valence-corrected chi connectivity index (χ0v) is 22.7. The first-order valence-electron chi connectivity index (χ1n) is 11.4. The summed E-state index contributed by atoms with van der Waals surface area (Å²) in [7, 11) is 1.56. The van der Waals surface area contributed by atoms with Gasteiger partial charge in [0.1, 0.15) is 13.2 Å². The molecule has 4 rings (SSSR count). The van der Waals surface area contributed by atoms with Crippen molar-refractivity contribution in [3.63, 3.8) is 0 Å². The Balaban J connectivity index is 1.48. The Morgan fingerprint density at radius 1 is 1.14 bits per heavy atom. The molecule has 2 aromatic carbocycles. The molecule has 7 nitrogen and oxygen atoms in total. The highest BCUT2D eigenvalue weighted by atomic mass is 127. The Hall–Kier alpha value is -2.53. The average Bonchev–Trinajstić information content (AvgIpc) is 3.10. The van der Waals surface area contributed by atoms with E-state index >= 15 is 0 Å². The Morgan fingerprint density at radius 2 is 1.91 bits per heavy atom. The number of hydrogen-bond donors (Lipinski definition) is 0. The topological polar surface area (TPSA) is 76.2 Å². The summed E-state index contributed by atoms with van der Waals surface area (Å²) in [6.45, 7) is 3.59. The summed E-state index contributed by atoms with van der Waals surface area (Å²) in [5, 5.41) is -0.425. The van der Waals surface area contributed by atoms with Crippen molar-refractivity contribution in [3.8, 4) is 11.5 Å². The number of hydrogen-bond acceptors (Lipinski definition) is 6. The van der Waals surface area contributed by atoms with Crippen LogP contribution in [0.15, 0.2) is 41.3 Å². The molecule has 35 heavy (non-hydrogen) atoms. The van der Waals surface area contributed by atoms with E-state index in [0.29, 0.717) is 36.8 Å². The number of methoxy groups -OCH3 is 1. The molecule has 0 saturated carbocycles. The number of carbonyl (C=O) groups excluding carboxylic acids is 3. The minimum absolute atomic E-state index is 0.181. The average molecular weight is 606 g/mol. The van der Waals surface area contributed by atoms with Gasteiger partial charge in [-0.15, -0.1) is 0 Å². The molecular weight excluding hydrogens is 579 g/mol. The van der Waals surface area contributed by atoms with Crippen molar-refractivity contribution >= 4 is 57.5 Å². The van der Waals surface area contributed by atoms with Crippen LogP contribution < -0.4 is 9.47 Å². The second-order valence-corrected chi connectivity index (χ2v) is 10.7. The highest BCUT2D eigenvalue weighted by molar-refractivity contribution is 14.1. The highest BCUT2D eigenvalue weighted by Crippen LogP contribution is 2.37. The van der Waals surface area contributed by atoms with E-state index in [9.17, 15) is 14.4 Å². The van der Waals surface area contributed by atoms with E-state index in [2.05, 4.69) is 28.7 Å². The number of imide groups is 1. The summed E-state index contributed by atoms with van der Waals surface area (Å²) in [5.41, 5.74) is 2.93. The summed E-state index contributed by atoms with van der Waals surface area (Å²) in [6, 6.07) is 11.8. The molecule has 0 aromatic heterocycles. The van der Waals surface area contributed by atoms with Gasteiger partial charge in [-0.1, -0.05) is 29.8 Å². The summed E-state index contributed by atoms with van der Waals surface area (Å²) in [4.78, 5) is 41.1. The fraction of sp³-hybridized carbons (Fsp3) is 0.346. The van der Waals surface area contributed by atoms with Crippen molar-refractivity contribution in [3.05, 3.63) is 61.6 Å². The van der Waals surface area contributed by atoms with Crippen molar-refractivity contribution in [2.24, 2.45) is 0 Å². The van der Waals surface area contributed by atoms with E-state index in [1.54, 1.807) is 24.2 Å². The molecule has 184 valence electrons. The van der Waals surface area contributed by atoms with Gasteiger partial charge in [0.25, 0.3) is 11.1 Å². The SMILES string of the molecule is COc1cc(/C=C2\SC(=O)N(CC(=O)N3CCCCC3)C2=O)cc(I)c1OCc1cccc(C)c1. The maximum atomic E-state index is 12.9. The largest absolute Gasteiger partial charge is 0.493 e. The number of piperidine rings is 1. The summed E-state index contributed by atoms with van der Waals surface area (Å²) >= 11 is 3.02. The molecular formula is C26H27IN2O5S. The first-order valence-corrected chi connectivity index (χ1v) is 13.3. The number of rotatable bonds is 7. The maximum Gasteiger partial charge on any atom is 0.294 e. The third-order valence-corrected chi connectivity index (χ3v) is 7.60. The van der Waals surface area contributed by atoms with Gasteiger partial charge in [0.15, 0.2) is 11.5 Å². The Morgan fingerprint density at radius 3 is 2.63 bits per heavy atom. The minimum Gasteiger partial charge on any atom is -0.493 e. The molecule has 0 N–H and O–H groups in total. The first-order chi connectivity index (χ1) is 16.9. The normalized spacial score (nSPS) is 17.3. The molecule has 0 aliphatic carbocycles. The van der Waals surface area contributed by atoms with E-state index in [0.717, 1.165) is 50.6 Å². The third-order valence-electron chi connectivity index (χ3n) is 5.89. The van der Waals surface area contributed by atoms with E-state index in [1.165, 1.54) is 0 Å². The number of amides is 3. The Kier molecular flexibility index (Phi) is 8.38. The van der Waals surface area contributed by atoms with Gasteiger partial charge >= 0.3 is 0 Å². The maximum absolute atomic E-state index is 12.9. The fourth-order valence-corrected chi connectivity index (χ4v) is 5.71. The fourth-order valence-electron chi connectivity index (χ4n) is 4.09. The van der Waals surface area contributed by atoms with Gasteiger partial charge in [-0.25, -0.2) is 0 Å². The van der Waals surface area contributed by atoms with Crippen LogP contribution in [0.4, 0.5) is 4.79 Å². The zero-order valence-electron chi connectivity index (χ0n) is 19.7. The van der Waals surface area contributed by atoms with Gasteiger partial charge in [0, 0.05) is 13.1 Å². The lowest BCUT2D eigenvalue weighted by atomic mass is 10.1. The van der Waals surface area contributed by atoms with Gasteiger partial charge in [0.2, 0.25) is 5.91 Å². The lowest BCUT2D eigenvalue weighted by Gasteiger charge is -2.27. The molecule has 2 aromatic rings. The molecule has 0 unspecified atom stereocenters. The molecule has 2 heterocycles. The van der Waals surface area contributed by atoms with Gasteiger partial charge in [0.05, 0.1) is 15.6 Å². The number of aryl methyl sites for hydroxylation is 1. The summed E-state index contributed by atoms with van der Waals surface area (Å²) < 4.78 is 12.4. The van der Waals surface area contributed by atoms with Crippen molar-refractivity contribution < 1.29 is 23.9 Å². The molecule has 2 fully saturated rings. The number of carbonyl (C=O) groups is 3. The lowest BCUT2D eigenvalue weighted by Crippen LogP contribution is -2.44. The van der Waals surface area contributed by atoms with Crippen LogP contribution in [0.3, 0.4) is 0 Å². The zero-order chi connectivity index (χ0) is 24.9. The minimum atomic E-state index is -0.445. The van der Waals surface area contributed by atoms with Crippen molar-refractivity contribution in [2.45, 2.75) is 32.8 Å². The number of halogens is 1. The second kappa shape index (κ2) is 11.5.